The number of aryl methyl sites for hydroxylation is 3. The summed E-state index contributed by atoms with van der Waals surface area (Å²) in [5, 5.41) is 4.60. The van der Waals surface area contributed by atoms with Crippen molar-refractivity contribution in [2.45, 2.75) is 45.6 Å². The van der Waals surface area contributed by atoms with Crippen LogP contribution in [0.5, 0.6) is 0 Å². The van der Waals surface area contributed by atoms with E-state index in [2.05, 4.69) is 37.6 Å². The van der Waals surface area contributed by atoms with E-state index in [1.54, 1.807) is 0 Å². The summed E-state index contributed by atoms with van der Waals surface area (Å²) in [4.78, 5) is 11.3. The number of aromatic nitrogens is 4. The van der Waals surface area contributed by atoms with Gasteiger partial charge in [0.1, 0.15) is 5.82 Å². The molecule has 1 fully saturated rings. The molecule has 22 heavy (non-hydrogen) atoms. The smallest absolute Gasteiger partial charge is 0.222 e. The Balaban J connectivity index is 1.58. The average Bonchev–Trinajstić information content (AvgIpc) is 2.76. The fraction of sp³-hybridized carbons (Fsp3) is 0.562. The summed E-state index contributed by atoms with van der Waals surface area (Å²) in [6.45, 7) is 6.06. The molecule has 0 saturated carbocycles. The first-order valence-electron chi connectivity index (χ1n) is 8.05. The first-order valence-corrected chi connectivity index (χ1v) is 8.05. The number of nitrogens with zero attached hydrogens (tertiary/aromatic N) is 5. The molecule has 116 valence electrons. The molecule has 1 aliphatic carbocycles. The lowest BCUT2D eigenvalue weighted by molar-refractivity contribution is 0.357. The van der Waals surface area contributed by atoms with Crippen LogP contribution < -0.4 is 10.6 Å². The van der Waals surface area contributed by atoms with Crippen LogP contribution in [0.1, 0.15) is 41.5 Å². The van der Waals surface area contributed by atoms with Crippen molar-refractivity contribution in [3.8, 4) is 0 Å². The fourth-order valence-electron chi connectivity index (χ4n) is 3.65. The van der Waals surface area contributed by atoms with E-state index < -0.39 is 0 Å². The Morgan fingerprint density at radius 1 is 1.14 bits per heavy atom. The molecule has 0 atom stereocenters. The Labute approximate surface area is 130 Å². The molecule has 0 aromatic carbocycles. The van der Waals surface area contributed by atoms with Crippen LogP contribution in [0.3, 0.4) is 0 Å². The van der Waals surface area contributed by atoms with Crippen LogP contribution in [-0.4, -0.2) is 32.8 Å². The predicted molar refractivity (Wildman–Crippen MR) is 86.0 cm³/mol. The van der Waals surface area contributed by atoms with Gasteiger partial charge in [-0.25, -0.2) is 4.98 Å². The minimum Gasteiger partial charge on any atom is -0.368 e. The fourth-order valence-corrected chi connectivity index (χ4v) is 3.65. The quantitative estimate of drug-likeness (QED) is 0.915. The van der Waals surface area contributed by atoms with Gasteiger partial charge in [0.15, 0.2) is 0 Å². The zero-order chi connectivity index (χ0) is 15.3. The summed E-state index contributed by atoms with van der Waals surface area (Å²) in [7, 11) is 0. The third kappa shape index (κ3) is 2.14. The van der Waals surface area contributed by atoms with E-state index in [1.807, 2.05) is 6.92 Å². The summed E-state index contributed by atoms with van der Waals surface area (Å²) >= 11 is 0. The monoisotopic (exact) mass is 298 g/mol. The van der Waals surface area contributed by atoms with Crippen molar-refractivity contribution in [2.75, 3.05) is 23.7 Å². The molecule has 6 nitrogen and oxygen atoms in total. The zero-order valence-corrected chi connectivity index (χ0v) is 13.2. The highest BCUT2D eigenvalue weighted by Gasteiger charge is 2.33. The molecule has 0 radical (unpaired) electrons. The van der Waals surface area contributed by atoms with Crippen LogP contribution >= 0.6 is 0 Å². The number of fused-ring (bicyclic) bond motifs is 1. The summed E-state index contributed by atoms with van der Waals surface area (Å²) in [6, 6.07) is 2.57. The van der Waals surface area contributed by atoms with Gasteiger partial charge in [-0.05, 0) is 45.6 Å². The maximum Gasteiger partial charge on any atom is 0.222 e. The Morgan fingerprint density at radius 3 is 2.64 bits per heavy atom. The Bertz CT molecular complexity index is 714. The molecule has 0 bridgehead atoms. The molecule has 2 aromatic heterocycles. The lowest BCUT2D eigenvalue weighted by Crippen LogP contribution is -2.49. The average molecular weight is 298 g/mol. The van der Waals surface area contributed by atoms with E-state index in [1.165, 1.54) is 24.1 Å². The molecule has 2 N–H and O–H groups in total. The Morgan fingerprint density at radius 2 is 1.91 bits per heavy atom. The number of anilines is 2. The van der Waals surface area contributed by atoms with Crippen LogP contribution in [0, 0.1) is 13.8 Å². The molecule has 2 aliphatic rings. The molecule has 4 rings (SSSR count). The van der Waals surface area contributed by atoms with Crippen LogP contribution in [0.25, 0.3) is 0 Å². The molecule has 0 spiro atoms. The molecule has 1 saturated heterocycles. The second-order valence-electron chi connectivity index (χ2n) is 6.47. The number of rotatable bonds is 2. The highest BCUT2D eigenvalue weighted by molar-refractivity contribution is 5.54. The molecule has 3 heterocycles. The van der Waals surface area contributed by atoms with Gasteiger partial charge < -0.3 is 10.6 Å². The Hall–Kier alpha value is -2.11. The largest absolute Gasteiger partial charge is 0.368 e. The van der Waals surface area contributed by atoms with Gasteiger partial charge in [0.05, 0.1) is 17.4 Å². The third-order valence-electron chi connectivity index (χ3n) is 4.73. The highest BCUT2D eigenvalue weighted by Crippen LogP contribution is 2.34. The van der Waals surface area contributed by atoms with E-state index in [-0.39, 0.29) is 0 Å². The first-order chi connectivity index (χ1) is 10.6. The van der Waals surface area contributed by atoms with Crippen molar-refractivity contribution in [2.24, 2.45) is 0 Å². The van der Waals surface area contributed by atoms with E-state index in [0.717, 1.165) is 43.1 Å². The maximum atomic E-state index is 5.91. The zero-order valence-electron chi connectivity index (χ0n) is 13.2. The van der Waals surface area contributed by atoms with Gasteiger partial charge in [-0.1, -0.05) is 0 Å². The SMILES string of the molecule is Cc1cc(C)n(C2CN(c3nc(N)nc4c3CCCC4)C2)n1. The van der Waals surface area contributed by atoms with Crippen LogP contribution in [-0.2, 0) is 12.8 Å². The summed E-state index contributed by atoms with van der Waals surface area (Å²) in [5.74, 6) is 1.46. The van der Waals surface area contributed by atoms with E-state index in [0.29, 0.717) is 12.0 Å². The summed E-state index contributed by atoms with van der Waals surface area (Å²) < 4.78 is 2.14. The molecule has 2 aromatic rings. The lowest BCUT2D eigenvalue weighted by atomic mass is 9.95. The highest BCUT2D eigenvalue weighted by atomic mass is 15.4. The predicted octanol–water partition coefficient (Wildman–Crippen LogP) is 1.81. The van der Waals surface area contributed by atoms with Gasteiger partial charge in [-0.3, -0.25) is 4.68 Å². The molecule has 0 amide bonds. The van der Waals surface area contributed by atoms with Gasteiger partial charge in [-0.2, -0.15) is 10.1 Å². The Kier molecular flexibility index (Phi) is 3.06. The van der Waals surface area contributed by atoms with Crippen LogP contribution in [0.2, 0.25) is 0 Å². The maximum absolute atomic E-state index is 5.91. The number of nitrogens with two attached hydrogens (primary N) is 1. The van der Waals surface area contributed by atoms with Gasteiger partial charge in [0, 0.05) is 24.3 Å². The summed E-state index contributed by atoms with van der Waals surface area (Å²) in [5.41, 5.74) is 10.7. The molecular formula is C16H22N6. The van der Waals surface area contributed by atoms with E-state index in [9.17, 15) is 0 Å². The van der Waals surface area contributed by atoms with Crippen molar-refractivity contribution in [1.82, 2.24) is 19.7 Å². The summed E-state index contributed by atoms with van der Waals surface area (Å²) in [6.07, 6.45) is 4.54. The minimum atomic E-state index is 0.408. The first kappa shape index (κ1) is 13.5. The number of hydrogen-bond acceptors (Lipinski definition) is 5. The van der Waals surface area contributed by atoms with Crippen LogP contribution in [0.4, 0.5) is 11.8 Å². The van der Waals surface area contributed by atoms with Gasteiger partial charge in [0.2, 0.25) is 5.95 Å². The van der Waals surface area contributed by atoms with Crippen molar-refractivity contribution in [3.05, 3.63) is 28.7 Å². The number of hydrogen-bond donors (Lipinski definition) is 1. The van der Waals surface area contributed by atoms with Gasteiger partial charge in [-0.15, -0.1) is 0 Å². The van der Waals surface area contributed by atoms with Crippen molar-refractivity contribution >= 4 is 11.8 Å². The van der Waals surface area contributed by atoms with Crippen molar-refractivity contribution < 1.29 is 0 Å². The third-order valence-corrected chi connectivity index (χ3v) is 4.73. The molecule has 1 aliphatic heterocycles. The van der Waals surface area contributed by atoms with E-state index >= 15 is 0 Å². The molecule has 0 unspecified atom stereocenters. The molecule has 6 heteroatoms. The van der Waals surface area contributed by atoms with Gasteiger partial charge in [0.25, 0.3) is 0 Å². The van der Waals surface area contributed by atoms with E-state index in [4.69, 9.17) is 5.73 Å². The van der Waals surface area contributed by atoms with Gasteiger partial charge >= 0.3 is 0 Å². The topological polar surface area (TPSA) is 72.9 Å². The van der Waals surface area contributed by atoms with Crippen molar-refractivity contribution in [3.63, 3.8) is 0 Å². The normalized spacial score (nSPS) is 18.2. The second kappa shape index (κ2) is 4.97. The van der Waals surface area contributed by atoms with Crippen molar-refractivity contribution in [1.29, 1.82) is 0 Å². The van der Waals surface area contributed by atoms with Crippen LogP contribution in [0.15, 0.2) is 6.07 Å². The lowest BCUT2D eigenvalue weighted by Gasteiger charge is -2.42. The standard InChI is InChI=1S/C16H22N6/c1-10-7-11(2)22(20-10)12-8-21(9-12)15-13-5-3-4-6-14(13)18-16(17)19-15/h7,12H,3-6,8-9H2,1-2H3,(H2,17,18,19). The minimum absolute atomic E-state index is 0.408. The number of nitrogen functional groups attached to an aromatic ring is 1. The second-order valence-corrected chi connectivity index (χ2v) is 6.47. The molecular weight excluding hydrogens is 276 g/mol.